The molecule has 0 amide bonds. The van der Waals surface area contributed by atoms with E-state index in [1.807, 2.05) is 0 Å². The molecule has 0 bridgehead atoms. The fourth-order valence-corrected chi connectivity index (χ4v) is 2.75. The van der Waals surface area contributed by atoms with Crippen LogP contribution in [0.15, 0.2) is 41.4 Å². The summed E-state index contributed by atoms with van der Waals surface area (Å²) in [5.41, 5.74) is 1.19. The number of guanidine groups is 1. The van der Waals surface area contributed by atoms with Crippen molar-refractivity contribution in [2.24, 2.45) is 4.99 Å². The Kier molecular flexibility index (Phi) is 4.18. The molecule has 0 unspecified atom stereocenters. The standard InChI is InChI=1S/C18H23N3O/c1-13(2)22-17-9-8-14-6-4-5-7-15(14)16(17)12-20-18-19-10-11-21(18)3/h4-9,13H,10-12H2,1-3H3,(H,19,20). The minimum absolute atomic E-state index is 0.159. The van der Waals surface area contributed by atoms with Gasteiger partial charge in [0.25, 0.3) is 0 Å². The molecule has 116 valence electrons. The molecule has 0 atom stereocenters. The highest BCUT2D eigenvalue weighted by Crippen LogP contribution is 2.29. The van der Waals surface area contributed by atoms with Crippen LogP contribution in [0.5, 0.6) is 5.75 Å². The molecule has 0 radical (unpaired) electrons. The van der Waals surface area contributed by atoms with Gasteiger partial charge in [0.1, 0.15) is 5.75 Å². The maximum absolute atomic E-state index is 6.00. The second-order valence-corrected chi connectivity index (χ2v) is 5.91. The lowest BCUT2D eigenvalue weighted by atomic mass is 10.0. The summed E-state index contributed by atoms with van der Waals surface area (Å²) in [6, 6.07) is 12.6. The summed E-state index contributed by atoms with van der Waals surface area (Å²) < 4.78 is 6.00. The Labute approximate surface area is 131 Å². The molecule has 0 saturated heterocycles. The molecule has 0 aliphatic carbocycles. The van der Waals surface area contributed by atoms with Crippen LogP contribution in [0.2, 0.25) is 0 Å². The summed E-state index contributed by atoms with van der Waals surface area (Å²) in [5, 5.41) is 5.91. The summed E-state index contributed by atoms with van der Waals surface area (Å²) in [5.74, 6) is 1.91. The first kappa shape index (κ1) is 14.7. The van der Waals surface area contributed by atoms with Gasteiger partial charge in [0.05, 0.1) is 12.6 Å². The topological polar surface area (TPSA) is 36.9 Å². The first-order chi connectivity index (χ1) is 10.6. The maximum Gasteiger partial charge on any atom is 0.194 e. The summed E-state index contributed by atoms with van der Waals surface area (Å²) in [6.07, 6.45) is 0.159. The van der Waals surface area contributed by atoms with Gasteiger partial charge in [-0.2, -0.15) is 0 Å². The Morgan fingerprint density at radius 3 is 2.77 bits per heavy atom. The lowest BCUT2D eigenvalue weighted by Crippen LogP contribution is -2.35. The van der Waals surface area contributed by atoms with Crippen molar-refractivity contribution in [3.8, 4) is 5.75 Å². The van der Waals surface area contributed by atoms with Crippen LogP contribution in [0.1, 0.15) is 19.4 Å². The normalized spacial score (nSPS) is 14.5. The number of benzene rings is 2. The van der Waals surface area contributed by atoms with Crippen molar-refractivity contribution in [1.82, 2.24) is 10.2 Å². The number of nitrogens with zero attached hydrogens (tertiary/aromatic N) is 2. The van der Waals surface area contributed by atoms with Gasteiger partial charge in [-0.15, -0.1) is 0 Å². The van der Waals surface area contributed by atoms with Crippen LogP contribution in [0.4, 0.5) is 0 Å². The number of hydrogen-bond donors (Lipinski definition) is 1. The van der Waals surface area contributed by atoms with Gasteiger partial charge in [0, 0.05) is 25.7 Å². The fourth-order valence-electron chi connectivity index (χ4n) is 2.75. The molecular weight excluding hydrogens is 274 g/mol. The average Bonchev–Trinajstić information content (AvgIpc) is 2.91. The number of fused-ring (bicyclic) bond motifs is 1. The molecule has 0 saturated carbocycles. The van der Waals surface area contributed by atoms with Crippen molar-refractivity contribution in [2.75, 3.05) is 20.1 Å². The van der Waals surface area contributed by atoms with E-state index in [9.17, 15) is 0 Å². The lowest BCUT2D eigenvalue weighted by Gasteiger charge is -2.19. The van der Waals surface area contributed by atoms with Gasteiger partial charge in [-0.1, -0.05) is 30.3 Å². The second-order valence-electron chi connectivity index (χ2n) is 5.91. The van der Waals surface area contributed by atoms with Crippen molar-refractivity contribution >= 4 is 16.7 Å². The van der Waals surface area contributed by atoms with E-state index >= 15 is 0 Å². The van der Waals surface area contributed by atoms with E-state index in [0.717, 1.165) is 24.8 Å². The molecule has 1 aliphatic rings. The van der Waals surface area contributed by atoms with E-state index in [2.05, 4.69) is 72.5 Å². The number of hydrogen-bond acceptors (Lipinski definition) is 4. The smallest absolute Gasteiger partial charge is 0.194 e. The molecule has 1 N–H and O–H groups in total. The molecular formula is C18H23N3O. The molecule has 1 heterocycles. The Hall–Kier alpha value is -2.23. The quantitative estimate of drug-likeness (QED) is 0.942. The summed E-state index contributed by atoms with van der Waals surface area (Å²) in [4.78, 5) is 6.64. The van der Waals surface area contributed by atoms with E-state index in [1.54, 1.807) is 0 Å². The zero-order chi connectivity index (χ0) is 15.5. The van der Waals surface area contributed by atoms with Gasteiger partial charge in [-0.3, -0.25) is 4.99 Å². The predicted molar refractivity (Wildman–Crippen MR) is 91.5 cm³/mol. The average molecular weight is 297 g/mol. The number of rotatable bonds is 4. The van der Waals surface area contributed by atoms with E-state index in [-0.39, 0.29) is 6.10 Å². The molecule has 1 aliphatic heterocycles. The monoisotopic (exact) mass is 297 g/mol. The first-order valence-corrected chi connectivity index (χ1v) is 7.82. The largest absolute Gasteiger partial charge is 0.491 e. The molecule has 0 fully saturated rings. The highest BCUT2D eigenvalue weighted by Gasteiger charge is 2.15. The van der Waals surface area contributed by atoms with Gasteiger partial charge in [-0.25, -0.2) is 0 Å². The molecule has 2 aromatic carbocycles. The van der Waals surface area contributed by atoms with Crippen LogP contribution in [0.3, 0.4) is 0 Å². The van der Waals surface area contributed by atoms with E-state index in [1.165, 1.54) is 16.3 Å². The molecule has 0 aromatic heterocycles. The van der Waals surface area contributed by atoms with Gasteiger partial charge >= 0.3 is 0 Å². The second kappa shape index (κ2) is 6.26. The molecule has 4 nitrogen and oxygen atoms in total. The van der Waals surface area contributed by atoms with E-state index in [4.69, 9.17) is 4.74 Å². The van der Waals surface area contributed by atoms with Crippen molar-refractivity contribution in [1.29, 1.82) is 0 Å². The Bertz CT molecular complexity index is 694. The molecule has 2 aromatic rings. The summed E-state index contributed by atoms with van der Waals surface area (Å²) >= 11 is 0. The van der Waals surface area contributed by atoms with Crippen molar-refractivity contribution in [2.45, 2.75) is 26.5 Å². The van der Waals surface area contributed by atoms with Gasteiger partial charge in [0.2, 0.25) is 0 Å². The third kappa shape index (κ3) is 3.01. The molecule has 0 spiro atoms. The zero-order valence-corrected chi connectivity index (χ0v) is 13.5. The van der Waals surface area contributed by atoms with Crippen LogP contribution in [-0.4, -0.2) is 37.1 Å². The maximum atomic E-state index is 6.00. The summed E-state index contributed by atoms with van der Waals surface area (Å²) in [6.45, 7) is 6.67. The van der Waals surface area contributed by atoms with Gasteiger partial charge in [0.15, 0.2) is 5.96 Å². The highest BCUT2D eigenvalue weighted by atomic mass is 16.5. The SMILES string of the molecule is CC(C)Oc1ccc2ccccc2c1CNC1=NCCN1C. The van der Waals surface area contributed by atoms with Crippen molar-refractivity contribution < 1.29 is 4.74 Å². The fraction of sp³-hybridized carbons (Fsp3) is 0.389. The summed E-state index contributed by atoms with van der Waals surface area (Å²) in [7, 11) is 2.06. The highest BCUT2D eigenvalue weighted by molar-refractivity contribution is 5.88. The third-order valence-corrected chi connectivity index (χ3v) is 3.84. The molecule has 3 rings (SSSR count). The van der Waals surface area contributed by atoms with Crippen molar-refractivity contribution in [3.63, 3.8) is 0 Å². The van der Waals surface area contributed by atoms with Crippen LogP contribution in [-0.2, 0) is 6.54 Å². The van der Waals surface area contributed by atoms with Crippen LogP contribution in [0.25, 0.3) is 10.8 Å². The van der Waals surface area contributed by atoms with Gasteiger partial charge < -0.3 is 15.0 Å². The molecule has 4 heteroatoms. The van der Waals surface area contributed by atoms with Crippen molar-refractivity contribution in [3.05, 3.63) is 42.0 Å². The minimum atomic E-state index is 0.159. The van der Waals surface area contributed by atoms with Gasteiger partial charge in [-0.05, 0) is 30.7 Å². The Balaban J connectivity index is 1.93. The predicted octanol–water partition coefficient (Wildman–Crippen LogP) is 3.02. The third-order valence-electron chi connectivity index (χ3n) is 3.84. The number of likely N-dealkylation sites (N-methyl/N-ethyl adjacent to an activating group) is 1. The number of ether oxygens (including phenoxy) is 1. The number of nitrogens with one attached hydrogen (secondary N) is 1. The van der Waals surface area contributed by atoms with Crippen LogP contribution < -0.4 is 10.1 Å². The lowest BCUT2D eigenvalue weighted by molar-refractivity contribution is 0.240. The zero-order valence-electron chi connectivity index (χ0n) is 13.5. The minimum Gasteiger partial charge on any atom is -0.491 e. The Morgan fingerprint density at radius 2 is 2.05 bits per heavy atom. The first-order valence-electron chi connectivity index (χ1n) is 7.82. The van der Waals surface area contributed by atoms with Crippen LogP contribution in [0, 0.1) is 0 Å². The van der Waals surface area contributed by atoms with Crippen LogP contribution >= 0.6 is 0 Å². The van der Waals surface area contributed by atoms with E-state index in [0.29, 0.717) is 6.54 Å². The Morgan fingerprint density at radius 1 is 1.23 bits per heavy atom. The number of aliphatic imine (C=N–C) groups is 1. The van der Waals surface area contributed by atoms with E-state index < -0.39 is 0 Å². The molecule has 22 heavy (non-hydrogen) atoms.